The third kappa shape index (κ3) is 5.91. The van der Waals surface area contributed by atoms with Crippen molar-refractivity contribution in [1.82, 2.24) is 20.0 Å². The molecule has 0 spiro atoms. The number of piperidine rings is 1. The van der Waals surface area contributed by atoms with Crippen LogP contribution in [0.15, 0.2) is 0 Å². The summed E-state index contributed by atoms with van der Waals surface area (Å²) in [7, 11) is 6.18. The lowest BCUT2D eigenvalue weighted by Gasteiger charge is -2.35. The van der Waals surface area contributed by atoms with Gasteiger partial charge in [0.1, 0.15) is 0 Å². The maximum absolute atomic E-state index is 11.8. The van der Waals surface area contributed by atoms with Crippen molar-refractivity contribution in [2.45, 2.75) is 18.9 Å². The molecule has 0 aromatic rings. The van der Waals surface area contributed by atoms with Crippen molar-refractivity contribution in [2.75, 3.05) is 60.4 Å². The Balaban J connectivity index is 2.21. The molecule has 0 saturated carbocycles. The predicted octanol–water partition coefficient (Wildman–Crippen LogP) is -0.306. The van der Waals surface area contributed by atoms with Crippen molar-refractivity contribution >= 4 is 5.91 Å². The van der Waals surface area contributed by atoms with Crippen molar-refractivity contribution in [3.05, 3.63) is 0 Å². The van der Waals surface area contributed by atoms with E-state index in [9.17, 15) is 4.79 Å². The molecule has 1 aliphatic rings. The van der Waals surface area contributed by atoms with Gasteiger partial charge in [-0.25, -0.2) is 0 Å². The van der Waals surface area contributed by atoms with Gasteiger partial charge in [-0.2, -0.15) is 0 Å². The van der Waals surface area contributed by atoms with Gasteiger partial charge in [0, 0.05) is 26.2 Å². The Bertz CT molecular complexity index is 331. The number of likely N-dealkylation sites (N-methyl/N-ethyl adjacent to an activating group) is 2. The molecule has 0 aliphatic carbocycles. The van der Waals surface area contributed by atoms with Crippen LogP contribution in [-0.2, 0) is 4.79 Å². The minimum atomic E-state index is 0.0945. The summed E-state index contributed by atoms with van der Waals surface area (Å²) in [6.07, 6.45) is 7.57. The Morgan fingerprint density at radius 1 is 1.35 bits per heavy atom. The van der Waals surface area contributed by atoms with Gasteiger partial charge in [0.25, 0.3) is 0 Å². The van der Waals surface area contributed by atoms with Crippen molar-refractivity contribution in [1.29, 1.82) is 0 Å². The first-order chi connectivity index (χ1) is 9.54. The zero-order chi connectivity index (χ0) is 15.0. The van der Waals surface area contributed by atoms with E-state index in [0.29, 0.717) is 19.1 Å². The minimum Gasteiger partial charge on any atom is -0.343 e. The monoisotopic (exact) mass is 280 g/mol. The van der Waals surface area contributed by atoms with Crippen LogP contribution >= 0.6 is 0 Å². The number of carbonyl (C=O) groups is 1. The van der Waals surface area contributed by atoms with Crippen LogP contribution in [0.2, 0.25) is 0 Å². The van der Waals surface area contributed by atoms with Gasteiger partial charge in [0.2, 0.25) is 5.91 Å². The zero-order valence-corrected chi connectivity index (χ0v) is 13.1. The minimum absolute atomic E-state index is 0.0945. The van der Waals surface area contributed by atoms with Crippen LogP contribution in [0.4, 0.5) is 0 Å². The molecule has 0 bridgehead atoms. The molecule has 20 heavy (non-hydrogen) atoms. The summed E-state index contributed by atoms with van der Waals surface area (Å²) in [4.78, 5) is 18.3. The smallest absolute Gasteiger partial charge is 0.236 e. The van der Waals surface area contributed by atoms with E-state index < -0.39 is 0 Å². The molecule has 1 fully saturated rings. The van der Waals surface area contributed by atoms with Gasteiger partial charge < -0.3 is 14.7 Å². The Morgan fingerprint density at radius 2 is 2.00 bits per heavy atom. The second-order valence-electron chi connectivity index (χ2n) is 5.64. The lowest BCUT2D eigenvalue weighted by atomic mass is 10.0. The quantitative estimate of drug-likeness (QED) is 0.513. The molecule has 0 aromatic heterocycles. The van der Waals surface area contributed by atoms with Crippen molar-refractivity contribution in [3.8, 4) is 12.3 Å². The van der Waals surface area contributed by atoms with Crippen molar-refractivity contribution < 1.29 is 4.79 Å². The van der Waals surface area contributed by atoms with E-state index in [1.165, 1.54) is 25.9 Å². The third-order valence-corrected chi connectivity index (χ3v) is 4.03. The summed E-state index contributed by atoms with van der Waals surface area (Å²) in [5, 5.41) is 2.93. The molecular formula is C15H28N4O. The fourth-order valence-electron chi connectivity index (χ4n) is 2.43. The molecule has 1 rings (SSSR count). The molecule has 1 heterocycles. The average molecular weight is 280 g/mol. The SMILES string of the molecule is C#CCNCC(=O)N(C)CCN(C)C1CCN(C)CC1. The van der Waals surface area contributed by atoms with Gasteiger partial charge in [-0.1, -0.05) is 5.92 Å². The number of hydrogen-bond acceptors (Lipinski definition) is 4. The van der Waals surface area contributed by atoms with E-state index in [4.69, 9.17) is 6.42 Å². The maximum Gasteiger partial charge on any atom is 0.236 e. The number of nitrogens with one attached hydrogen (secondary N) is 1. The normalized spacial score (nSPS) is 17.1. The highest BCUT2D eigenvalue weighted by molar-refractivity contribution is 5.77. The lowest BCUT2D eigenvalue weighted by Crippen LogP contribution is -2.45. The lowest BCUT2D eigenvalue weighted by molar-refractivity contribution is -0.129. The summed E-state index contributed by atoms with van der Waals surface area (Å²) in [6.45, 7) is 4.78. The van der Waals surface area contributed by atoms with Gasteiger partial charge in [0.15, 0.2) is 0 Å². The fraction of sp³-hybridized carbons (Fsp3) is 0.800. The molecule has 1 N–H and O–H groups in total. The van der Waals surface area contributed by atoms with E-state index in [0.717, 1.165) is 13.1 Å². The van der Waals surface area contributed by atoms with Crippen molar-refractivity contribution in [3.63, 3.8) is 0 Å². The molecule has 1 amide bonds. The molecule has 1 saturated heterocycles. The van der Waals surface area contributed by atoms with Crippen LogP contribution in [0.3, 0.4) is 0 Å². The topological polar surface area (TPSA) is 38.8 Å². The molecule has 1 aliphatic heterocycles. The molecular weight excluding hydrogens is 252 g/mol. The maximum atomic E-state index is 11.8. The zero-order valence-electron chi connectivity index (χ0n) is 13.1. The number of nitrogens with zero attached hydrogens (tertiary/aromatic N) is 3. The van der Waals surface area contributed by atoms with Crippen LogP contribution < -0.4 is 5.32 Å². The summed E-state index contributed by atoms with van der Waals surface area (Å²) in [6, 6.07) is 0.647. The van der Waals surface area contributed by atoms with Gasteiger partial charge in [-0.15, -0.1) is 6.42 Å². The number of hydrogen-bond donors (Lipinski definition) is 1. The van der Waals surface area contributed by atoms with Crippen LogP contribution in [0.5, 0.6) is 0 Å². The third-order valence-electron chi connectivity index (χ3n) is 4.03. The number of terminal acetylenes is 1. The van der Waals surface area contributed by atoms with Gasteiger partial charge in [-0.05, 0) is 40.0 Å². The first kappa shape index (κ1) is 17.0. The summed E-state index contributed by atoms with van der Waals surface area (Å²) < 4.78 is 0. The predicted molar refractivity (Wildman–Crippen MR) is 82.5 cm³/mol. The second kappa shape index (κ2) is 8.96. The Kier molecular flexibility index (Phi) is 7.60. The highest BCUT2D eigenvalue weighted by Crippen LogP contribution is 2.13. The molecule has 5 nitrogen and oxygen atoms in total. The highest BCUT2D eigenvalue weighted by atomic mass is 16.2. The molecule has 0 unspecified atom stereocenters. The number of rotatable bonds is 7. The van der Waals surface area contributed by atoms with E-state index in [-0.39, 0.29) is 5.91 Å². The molecule has 5 heteroatoms. The van der Waals surface area contributed by atoms with Gasteiger partial charge in [-0.3, -0.25) is 10.1 Å². The Hall–Kier alpha value is -1.09. The van der Waals surface area contributed by atoms with E-state index in [2.05, 4.69) is 35.1 Å². The summed E-state index contributed by atoms with van der Waals surface area (Å²) in [5.74, 6) is 2.56. The first-order valence-corrected chi connectivity index (χ1v) is 7.31. The van der Waals surface area contributed by atoms with E-state index in [1.54, 1.807) is 4.90 Å². The molecule has 0 aromatic carbocycles. The van der Waals surface area contributed by atoms with E-state index in [1.807, 2.05) is 7.05 Å². The largest absolute Gasteiger partial charge is 0.343 e. The number of likely N-dealkylation sites (tertiary alicyclic amines) is 1. The average Bonchev–Trinajstić information content (AvgIpc) is 2.45. The summed E-state index contributed by atoms with van der Waals surface area (Å²) in [5.41, 5.74) is 0. The number of amides is 1. The standard InChI is InChI=1S/C15H28N4O/c1-5-8-16-13-15(20)19(4)12-11-18(3)14-6-9-17(2)10-7-14/h1,14,16H,6-13H2,2-4H3. The van der Waals surface area contributed by atoms with Gasteiger partial charge in [0.05, 0.1) is 13.1 Å². The fourth-order valence-corrected chi connectivity index (χ4v) is 2.43. The van der Waals surface area contributed by atoms with Crippen molar-refractivity contribution in [2.24, 2.45) is 0 Å². The molecule has 114 valence electrons. The first-order valence-electron chi connectivity index (χ1n) is 7.31. The van der Waals surface area contributed by atoms with Crippen LogP contribution in [-0.4, -0.2) is 87.1 Å². The Labute approximate surface area is 123 Å². The Morgan fingerprint density at radius 3 is 2.60 bits per heavy atom. The molecule has 0 atom stereocenters. The second-order valence-corrected chi connectivity index (χ2v) is 5.64. The number of carbonyl (C=O) groups excluding carboxylic acids is 1. The van der Waals surface area contributed by atoms with Crippen LogP contribution in [0.25, 0.3) is 0 Å². The van der Waals surface area contributed by atoms with E-state index >= 15 is 0 Å². The molecule has 0 radical (unpaired) electrons. The highest BCUT2D eigenvalue weighted by Gasteiger charge is 2.20. The van der Waals surface area contributed by atoms with Crippen LogP contribution in [0.1, 0.15) is 12.8 Å². The summed E-state index contributed by atoms with van der Waals surface area (Å²) >= 11 is 0. The van der Waals surface area contributed by atoms with Crippen LogP contribution in [0, 0.1) is 12.3 Å². The van der Waals surface area contributed by atoms with Gasteiger partial charge >= 0.3 is 0 Å².